The fourth-order valence-corrected chi connectivity index (χ4v) is 2.29. The van der Waals surface area contributed by atoms with Gasteiger partial charge in [-0.2, -0.15) is 0 Å². The van der Waals surface area contributed by atoms with Crippen molar-refractivity contribution >= 4 is 11.9 Å². The van der Waals surface area contributed by atoms with Crippen molar-refractivity contribution in [2.24, 2.45) is 5.73 Å². The van der Waals surface area contributed by atoms with Gasteiger partial charge in [0.1, 0.15) is 0 Å². The van der Waals surface area contributed by atoms with Gasteiger partial charge in [-0.25, -0.2) is 4.79 Å². The molecule has 2 fully saturated rings. The molecule has 2 unspecified atom stereocenters. The summed E-state index contributed by atoms with van der Waals surface area (Å²) in [5.41, 5.74) is 5.87. The first-order valence-corrected chi connectivity index (χ1v) is 6.64. The van der Waals surface area contributed by atoms with E-state index in [9.17, 15) is 9.59 Å². The fraction of sp³-hybridized carbons (Fsp3) is 0.833. The highest BCUT2D eigenvalue weighted by Gasteiger charge is 2.26. The number of piperidine rings is 1. The van der Waals surface area contributed by atoms with Crippen molar-refractivity contribution in [3.63, 3.8) is 0 Å². The second kappa shape index (κ2) is 5.67. The number of hydrogen-bond donors (Lipinski definition) is 3. The number of nitrogens with zero attached hydrogens (tertiary/aromatic N) is 1. The summed E-state index contributed by atoms with van der Waals surface area (Å²) in [4.78, 5) is 25.2. The molecule has 1 aliphatic heterocycles. The van der Waals surface area contributed by atoms with Crippen LogP contribution >= 0.6 is 0 Å². The lowest BCUT2D eigenvalue weighted by atomic mass is 9.99. The van der Waals surface area contributed by atoms with E-state index in [1.807, 2.05) is 0 Å². The van der Waals surface area contributed by atoms with Gasteiger partial charge < -0.3 is 11.1 Å². The highest BCUT2D eigenvalue weighted by Crippen LogP contribution is 2.18. The van der Waals surface area contributed by atoms with E-state index in [4.69, 9.17) is 5.73 Å². The quantitative estimate of drug-likeness (QED) is 0.650. The number of carbonyl (C=O) groups excluding carboxylic acids is 2. The van der Waals surface area contributed by atoms with Gasteiger partial charge in [0.2, 0.25) is 5.91 Å². The molecule has 2 rings (SSSR count). The Morgan fingerprint density at radius 2 is 2.06 bits per heavy atom. The fourth-order valence-electron chi connectivity index (χ4n) is 2.29. The number of amides is 3. The molecule has 0 aromatic carbocycles. The molecule has 1 saturated carbocycles. The molecular weight excluding hydrogens is 232 g/mol. The normalized spacial score (nSPS) is 28.8. The van der Waals surface area contributed by atoms with Gasteiger partial charge in [-0.15, -0.1) is 0 Å². The molecule has 2 aliphatic rings. The predicted octanol–water partition coefficient (Wildman–Crippen LogP) is -0.214. The second-order valence-corrected chi connectivity index (χ2v) is 5.40. The Bertz CT molecular complexity index is 330. The van der Waals surface area contributed by atoms with E-state index >= 15 is 0 Å². The van der Waals surface area contributed by atoms with E-state index in [1.165, 1.54) is 0 Å². The average Bonchev–Trinajstić information content (AvgIpc) is 3.05. The number of carbonyl (C=O) groups is 2. The first kappa shape index (κ1) is 13.3. The topological polar surface area (TPSA) is 87.5 Å². The minimum Gasteiger partial charge on any atom is -0.335 e. The third kappa shape index (κ3) is 3.96. The summed E-state index contributed by atoms with van der Waals surface area (Å²) >= 11 is 0. The lowest BCUT2D eigenvalue weighted by molar-refractivity contribution is -0.122. The van der Waals surface area contributed by atoms with Crippen molar-refractivity contribution in [1.82, 2.24) is 15.5 Å². The zero-order valence-corrected chi connectivity index (χ0v) is 10.8. The third-order valence-corrected chi connectivity index (χ3v) is 3.57. The van der Waals surface area contributed by atoms with Gasteiger partial charge in [-0.1, -0.05) is 0 Å². The van der Waals surface area contributed by atoms with Crippen LogP contribution in [-0.2, 0) is 4.79 Å². The van der Waals surface area contributed by atoms with E-state index in [0.29, 0.717) is 6.04 Å². The van der Waals surface area contributed by atoms with Crippen LogP contribution in [0, 0.1) is 0 Å². The average molecular weight is 254 g/mol. The lowest BCUT2D eigenvalue weighted by Gasteiger charge is -2.35. The largest absolute Gasteiger partial charge is 0.335 e. The van der Waals surface area contributed by atoms with Crippen molar-refractivity contribution in [3.8, 4) is 0 Å². The molecule has 1 heterocycles. The number of imide groups is 1. The second-order valence-electron chi connectivity index (χ2n) is 5.40. The molecule has 0 spiro atoms. The summed E-state index contributed by atoms with van der Waals surface area (Å²) in [6, 6.07) is 0.428. The molecule has 4 N–H and O–H groups in total. The molecular formula is C12H22N4O2. The third-order valence-electron chi connectivity index (χ3n) is 3.57. The zero-order chi connectivity index (χ0) is 13.1. The van der Waals surface area contributed by atoms with Gasteiger partial charge in [0.25, 0.3) is 0 Å². The van der Waals surface area contributed by atoms with Crippen molar-refractivity contribution in [3.05, 3.63) is 0 Å². The maximum absolute atomic E-state index is 11.7. The summed E-state index contributed by atoms with van der Waals surface area (Å²) in [5, 5.41) is 5.10. The van der Waals surface area contributed by atoms with Gasteiger partial charge in [-0.3, -0.25) is 15.0 Å². The smallest absolute Gasteiger partial charge is 0.321 e. The number of nitrogens with one attached hydrogen (secondary N) is 2. The maximum Gasteiger partial charge on any atom is 0.321 e. The molecule has 6 nitrogen and oxygen atoms in total. The van der Waals surface area contributed by atoms with Crippen LogP contribution in [0.1, 0.15) is 32.6 Å². The van der Waals surface area contributed by atoms with Gasteiger partial charge in [0.05, 0.1) is 6.54 Å². The van der Waals surface area contributed by atoms with Crippen LogP contribution in [-0.4, -0.2) is 48.1 Å². The van der Waals surface area contributed by atoms with Crippen molar-refractivity contribution in [2.75, 3.05) is 13.1 Å². The molecule has 0 aromatic rings. The molecule has 1 aliphatic carbocycles. The minimum atomic E-state index is -0.371. The number of urea groups is 1. The number of hydrogen-bond acceptors (Lipinski definition) is 4. The van der Waals surface area contributed by atoms with Crippen LogP contribution in [0.4, 0.5) is 4.79 Å². The predicted molar refractivity (Wildman–Crippen MR) is 67.9 cm³/mol. The van der Waals surface area contributed by atoms with Gasteiger partial charge in [-0.05, 0) is 32.6 Å². The molecule has 0 bridgehead atoms. The molecule has 102 valence electrons. The van der Waals surface area contributed by atoms with E-state index < -0.39 is 0 Å². The van der Waals surface area contributed by atoms with E-state index in [2.05, 4.69) is 22.5 Å². The summed E-state index contributed by atoms with van der Waals surface area (Å²) < 4.78 is 0. The molecule has 6 heteroatoms. The van der Waals surface area contributed by atoms with Crippen molar-refractivity contribution < 1.29 is 9.59 Å². The Morgan fingerprint density at radius 3 is 2.67 bits per heavy atom. The summed E-state index contributed by atoms with van der Waals surface area (Å²) in [6.07, 6.45) is 3.85. The Kier molecular flexibility index (Phi) is 4.19. The highest BCUT2D eigenvalue weighted by atomic mass is 16.2. The zero-order valence-electron chi connectivity index (χ0n) is 10.8. The number of likely N-dealkylation sites (tertiary alicyclic amines) is 1. The van der Waals surface area contributed by atoms with Crippen molar-refractivity contribution in [2.45, 2.75) is 50.7 Å². The minimum absolute atomic E-state index is 0.234. The Balaban J connectivity index is 1.71. The summed E-state index contributed by atoms with van der Waals surface area (Å²) in [6.45, 7) is 3.16. The van der Waals surface area contributed by atoms with Crippen molar-refractivity contribution in [1.29, 1.82) is 0 Å². The van der Waals surface area contributed by atoms with Crippen LogP contribution in [0.2, 0.25) is 0 Å². The summed E-state index contributed by atoms with van der Waals surface area (Å²) in [5.74, 6) is -0.240. The van der Waals surface area contributed by atoms with E-state index in [1.54, 1.807) is 0 Å². The first-order chi connectivity index (χ1) is 8.54. The van der Waals surface area contributed by atoms with E-state index in [-0.39, 0.29) is 30.6 Å². The van der Waals surface area contributed by atoms with E-state index in [0.717, 1.165) is 32.2 Å². The molecule has 1 saturated heterocycles. The van der Waals surface area contributed by atoms with Gasteiger partial charge >= 0.3 is 6.03 Å². The first-order valence-electron chi connectivity index (χ1n) is 6.64. The van der Waals surface area contributed by atoms with Gasteiger partial charge in [0, 0.05) is 24.7 Å². The van der Waals surface area contributed by atoms with Crippen LogP contribution in [0.3, 0.4) is 0 Å². The molecule has 3 amide bonds. The number of rotatable bonds is 3. The van der Waals surface area contributed by atoms with Crippen LogP contribution in [0.15, 0.2) is 0 Å². The highest BCUT2D eigenvalue weighted by molar-refractivity contribution is 5.95. The maximum atomic E-state index is 11.7. The Labute approximate surface area is 107 Å². The Morgan fingerprint density at radius 1 is 1.33 bits per heavy atom. The summed E-state index contributed by atoms with van der Waals surface area (Å²) in [7, 11) is 0. The molecule has 0 radical (unpaired) electrons. The van der Waals surface area contributed by atoms with Gasteiger partial charge in [0.15, 0.2) is 0 Å². The molecule has 18 heavy (non-hydrogen) atoms. The Hall–Kier alpha value is -1.14. The molecule has 0 aromatic heterocycles. The standard InChI is InChI=1S/C12H22N4O2/c1-8-6-9(13)4-5-16(8)7-11(17)15-12(18)14-10-2-3-10/h8-10H,2-7,13H2,1H3,(H2,14,15,17,18). The monoisotopic (exact) mass is 254 g/mol. The van der Waals surface area contributed by atoms with Crippen LogP contribution in [0.25, 0.3) is 0 Å². The SMILES string of the molecule is CC1CC(N)CCN1CC(=O)NC(=O)NC1CC1. The number of nitrogens with two attached hydrogens (primary N) is 1. The van der Waals surface area contributed by atoms with Crippen LogP contribution < -0.4 is 16.4 Å². The van der Waals surface area contributed by atoms with Crippen LogP contribution in [0.5, 0.6) is 0 Å². The lowest BCUT2D eigenvalue weighted by Crippen LogP contribution is -2.51. The molecule has 2 atom stereocenters.